The van der Waals surface area contributed by atoms with Gasteiger partial charge in [0.15, 0.2) is 0 Å². The van der Waals surface area contributed by atoms with Gasteiger partial charge in [-0.15, -0.1) is 0 Å². The van der Waals surface area contributed by atoms with E-state index in [2.05, 4.69) is 5.32 Å². The van der Waals surface area contributed by atoms with Gasteiger partial charge in [0.05, 0.1) is 11.4 Å². The van der Waals surface area contributed by atoms with Gasteiger partial charge < -0.3 is 0 Å². The van der Waals surface area contributed by atoms with Gasteiger partial charge in [0.1, 0.15) is 6.04 Å². The molecule has 1 unspecified atom stereocenters. The lowest BCUT2D eigenvalue weighted by Crippen LogP contribution is -2.58. The Balaban J connectivity index is 2.44. The number of hydrogen-bond acceptors (Lipinski definition) is 4. The summed E-state index contributed by atoms with van der Waals surface area (Å²) in [5.74, 6) is -1.22. The molecule has 1 aromatic rings. The molecular weight excluding hydrogens is 268 g/mol. The molecule has 1 aliphatic rings. The molecule has 0 spiro atoms. The van der Waals surface area contributed by atoms with Crippen molar-refractivity contribution < 1.29 is 18.0 Å². The first-order chi connectivity index (χ1) is 8.82. The molecule has 0 aromatic heterocycles. The molecule has 19 heavy (non-hydrogen) atoms. The minimum atomic E-state index is -3.85. The zero-order chi connectivity index (χ0) is 14.2. The van der Waals surface area contributed by atoms with Crippen LogP contribution < -0.4 is 5.32 Å². The van der Waals surface area contributed by atoms with Crippen molar-refractivity contribution in [3.63, 3.8) is 0 Å². The number of piperazine rings is 1. The average Bonchev–Trinajstić information content (AvgIpc) is 2.33. The van der Waals surface area contributed by atoms with Crippen molar-refractivity contribution in [3.8, 4) is 0 Å². The fraction of sp³-hybridized carbons (Fsp3) is 0.333. The molecule has 0 bridgehead atoms. The van der Waals surface area contributed by atoms with E-state index in [1.54, 1.807) is 19.1 Å². The minimum absolute atomic E-state index is 0.0850. The van der Waals surface area contributed by atoms with Gasteiger partial charge in [0.2, 0.25) is 21.8 Å². The Morgan fingerprint density at radius 3 is 2.63 bits per heavy atom. The summed E-state index contributed by atoms with van der Waals surface area (Å²) in [6, 6.07) is 5.46. The summed E-state index contributed by atoms with van der Waals surface area (Å²) in [5.41, 5.74) is 0.793. The van der Waals surface area contributed by atoms with Crippen molar-refractivity contribution in [3.05, 3.63) is 29.8 Å². The molecule has 2 rings (SSSR count). The number of amides is 2. The lowest BCUT2D eigenvalue weighted by Gasteiger charge is -2.30. The van der Waals surface area contributed by atoms with Crippen molar-refractivity contribution >= 4 is 21.8 Å². The van der Waals surface area contributed by atoms with Crippen LogP contribution in [0, 0.1) is 6.92 Å². The van der Waals surface area contributed by atoms with Crippen LogP contribution in [0.25, 0.3) is 0 Å². The highest BCUT2D eigenvalue weighted by Crippen LogP contribution is 2.20. The van der Waals surface area contributed by atoms with Crippen LogP contribution in [0.15, 0.2) is 29.2 Å². The van der Waals surface area contributed by atoms with Crippen LogP contribution in [-0.4, -0.2) is 37.1 Å². The monoisotopic (exact) mass is 282 g/mol. The van der Waals surface area contributed by atoms with E-state index < -0.39 is 27.9 Å². The summed E-state index contributed by atoms with van der Waals surface area (Å²) < 4.78 is 25.8. The summed E-state index contributed by atoms with van der Waals surface area (Å²) in [5, 5.41) is 2.11. The van der Waals surface area contributed by atoms with Crippen LogP contribution >= 0.6 is 0 Å². The molecule has 1 aromatic carbocycles. The highest BCUT2D eigenvalue weighted by atomic mass is 32.2. The lowest BCUT2D eigenvalue weighted by atomic mass is 10.2. The first-order valence-electron chi connectivity index (χ1n) is 5.74. The molecule has 0 radical (unpaired) electrons. The topological polar surface area (TPSA) is 83.6 Å². The van der Waals surface area contributed by atoms with Crippen LogP contribution in [0.2, 0.25) is 0 Å². The Bertz CT molecular complexity index is 639. The fourth-order valence-corrected chi connectivity index (χ4v) is 3.55. The fourth-order valence-electron chi connectivity index (χ4n) is 1.89. The Hall–Kier alpha value is -1.73. The van der Waals surface area contributed by atoms with Crippen LogP contribution in [0.4, 0.5) is 0 Å². The Labute approximate surface area is 111 Å². The first-order valence-corrected chi connectivity index (χ1v) is 7.18. The molecule has 0 saturated carbocycles. The van der Waals surface area contributed by atoms with Gasteiger partial charge in [-0.3, -0.25) is 14.9 Å². The molecule has 1 fully saturated rings. The number of aryl methyl sites for hydroxylation is 1. The molecule has 7 heteroatoms. The summed E-state index contributed by atoms with van der Waals surface area (Å²) >= 11 is 0. The third-order valence-electron chi connectivity index (χ3n) is 2.97. The number of rotatable bonds is 2. The van der Waals surface area contributed by atoms with Gasteiger partial charge in [0, 0.05) is 0 Å². The highest BCUT2D eigenvalue weighted by molar-refractivity contribution is 7.89. The number of nitrogens with one attached hydrogen (secondary N) is 1. The van der Waals surface area contributed by atoms with E-state index in [0.717, 1.165) is 9.87 Å². The zero-order valence-corrected chi connectivity index (χ0v) is 11.4. The number of imide groups is 1. The SMILES string of the molecule is Cc1cccc(S(=O)(=O)N2CC(=O)NC(=O)C2C)c1. The highest BCUT2D eigenvalue weighted by Gasteiger charge is 2.38. The minimum Gasteiger partial charge on any atom is -0.294 e. The predicted molar refractivity (Wildman–Crippen MR) is 67.7 cm³/mol. The van der Waals surface area contributed by atoms with E-state index in [4.69, 9.17) is 0 Å². The van der Waals surface area contributed by atoms with Crippen molar-refractivity contribution in [1.29, 1.82) is 0 Å². The summed E-state index contributed by atoms with van der Waals surface area (Å²) in [4.78, 5) is 22.9. The Morgan fingerprint density at radius 1 is 1.32 bits per heavy atom. The number of benzene rings is 1. The number of carbonyl (C=O) groups is 2. The third kappa shape index (κ3) is 2.52. The van der Waals surface area contributed by atoms with Crippen LogP contribution in [0.1, 0.15) is 12.5 Å². The maximum Gasteiger partial charge on any atom is 0.244 e. The van der Waals surface area contributed by atoms with Crippen molar-refractivity contribution in [2.45, 2.75) is 24.8 Å². The largest absolute Gasteiger partial charge is 0.294 e. The number of hydrogen-bond donors (Lipinski definition) is 1. The van der Waals surface area contributed by atoms with E-state index in [1.165, 1.54) is 19.1 Å². The van der Waals surface area contributed by atoms with Crippen molar-refractivity contribution in [2.75, 3.05) is 6.54 Å². The molecule has 6 nitrogen and oxygen atoms in total. The first kappa shape index (κ1) is 13.7. The number of sulfonamides is 1. The van der Waals surface area contributed by atoms with Gasteiger partial charge in [-0.1, -0.05) is 12.1 Å². The Morgan fingerprint density at radius 2 is 2.00 bits per heavy atom. The molecule has 1 N–H and O–H groups in total. The number of nitrogens with zero attached hydrogens (tertiary/aromatic N) is 1. The average molecular weight is 282 g/mol. The van der Waals surface area contributed by atoms with E-state index in [-0.39, 0.29) is 11.4 Å². The van der Waals surface area contributed by atoms with Gasteiger partial charge >= 0.3 is 0 Å². The molecule has 1 aliphatic heterocycles. The molecule has 0 aliphatic carbocycles. The van der Waals surface area contributed by atoms with Gasteiger partial charge in [-0.05, 0) is 31.5 Å². The van der Waals surface area contributed by atoms with Gasteiger partial charge in [-0.25, -0.2) is 8.42 Å². The zero-order valence-electron chi connectivity index (χ0n) is 10.6. The van der Waals surface area contributed by atoms with E-state index in [9.17, 15) is 18.0 Å². The second-order valence-electron chi connectivity index (χ2n) is 4.46. The second kappa shape index (κ2) is 4.75. The molecule has 2 amide bonds. The summed E-state index contributed by atoms with van der Waals surface area (Å²) in [6.45, 7) is 2.88. The third-order valence-corrected chi connectivity index (χ3v) is 4.88. The molecule has 1 saturated heterocycles. The maximum absolute atomic E-state index is 12.4. The van der Waals surface area contributed by atoms with Gasteiger partial charge in [-0.2, -0.15) is 4.31 Å². The lowest BCUT2D eigenvalue weighted by molar-refractivity contribution is -0.136. The standard InChI is InChI=1S/C12H14N2O4S/c1-8-4-3-5-10(6-8)19(17,18)14-7-11(15)13-12(16)9(14)2/h3-6,9H,7H2,1-2H3,(H,13,15,16). The van der Waals surface area contributed by atoms with Crippen molar-refractivity contribution in [1.82, 2.24) is 9.62 Å². The molecule has 1 heterocycles. The second-order valence-corrected chi connectivity index (χ2v) is 6.35. The van der Waals surface area contributed by atoms with E-state index >= 15 is 0 Å². The van der Waals surface area contributed by atoms with E-state index in [1.807, 2.05) is 0 Å². The normalized spacial score (nSPS) is 21.3. The van der Waals surface area contributed by atoms with Crippen molar-refractivity contribution in [2.24, 2.45) is 0 Å². The molecule has 1 atom stereocenters. The van der Waals surface area contributed by atoms with Crippen LogP contribution in [-0.2, 0) is 19.6 Å². The number of carbonyl (C=O) groups excluding carboxylic acids is 2. The smallest absolute Gasteiger partial charge is 0.244 e. The quantitative estimate of drug-likeness (QED) is 0.776. The van der Waals surface area contributed by atoms with E-state index in [0.29, 0.717) is 0 Å². The summed E-state index contributed by atoms with van der Waals surface area (Å²) in [7, 11) is -3.85. The Kier molecular flexibility index (Phi) is 3.42. The van der Waals surface area contributed by atoms with Gasteiger partial charge in [0.25, 0.3) is 0 Å². The van der Waals surface area contributed by atoms with Crippen LogP contribution in [0.5, 0.6) is 0 Å². The van der Waals surface area contributed by atoms with Crippen LogP contribution in [0.3, 0.4) is 0 Å². The maximum atomic E-state index is 12.4. The summed E-state index contributed by atoms with van der Waals surface area (Å²) in [6.07, 6.45) is 0. The predicted octanol–water partition coefficient (Wildman–Crippen LogP) is 0.0306. The molecular formula is C12H14N2O4S. The molecule has 102 valence electrons.